The van der Waals surface area contributed by atoms with Crippen LogP contribution in [0.4, 0.5) is 5.69 Å². The molecular formula is C16H21N3O. The number of hydrogen-bond acceptors (Lipinski definition) is 3. The third kappa shape index (κ3) is 1.86. The first-order valence-corrected chi connectivity index (χ1v) is 7.64. The molecule has 3 atom stereocenters. The first kappa shape index (κ1) is 12.4. The first-order chi connectivity index (χ1) is 9.72. The second-order valence-corrected chi connectivity index (χ2v) is 6.32. The van der Waals surface area contributed by atoms with Crippen LogP contribution < -0.4 is 10.6 Å². The Morgan fingerprint density at radius 1 is 1.30 bits per heavy atom. The summed E-state index contributed by atoms with van der Waals surface area (Å²) in [5.41, 5.74) is 3.30. The lowest BCUT2D eigenvalue weighted by atomic mass is 10.0. The van der Waals surface area contributed by atoms with Crippen LogP contribution in [0.1, 0.15) is 36.4 Å². The fraction of sp³-hybridized carbons (Fsp3) is 0.562. The molecule has 2 fully saturated rings. The molecule has 4 nitrogen and oxygen atoms in total. The second-order valence-electron chi connectivity index (χ2n) is 6.32. The summed E-state index contributed by atoms with van der Waals surface area (Å²) in [6.07, 6.45) is 3.73. The van der Waals surface area contributed by atoms with E-state index in [9.17, 15) is 4.79 Å². The number of rotatable bonds is 2. The van der Waals surface area contributed by atoms with Gasteiger partial charge in [-0.2, -0.15) is 0 Å². The van der Waals surface area contributed by atoms with Crippen LogP contribution >= 0.6 is 0 Å². The van der Waals surface area contributed by atoms with Crippen molar-refractivity contribution in [2.24, 2.45) is 0 Å². The average Bonchev–Trinajstić information content (AvgIpc) is 3.08. The zero-order chi connectivity index (χ0) is 13.7. The number of nitrogens with one attached hydrogen (secondary N) is 2. The lowest BCUT2D eigenvalue weighted by Gasteiger charge is -2.24. The fourth-order valence-corrected chi connectivity index (χ4v) is 4.04. The largest absolute Gasteiger partial charge is 0.324 e. The lowest BCUT2D eigenvalue weighted by Crippen LogP contribution is -2.42. The quantitative estimate of drug-likeness (QED) is 0.862. The van der Waals surface area contributed by atoms with Crippen molar-refractivity contribution in [3.63, 3.8) is 0 Å². The van der Waals surface area contributed by atoms with Crippen LogP contribution in [0.2, 0.25) is 0 Å². The number of hydrogen-bond donors (Lipinski definition) is 2. The Morgan fingerprint density at radius 3 is 3.10 bits per heavy atom. The van der Waals surface area contributed by atoms with Crippen LogP contribution in [-0.2, 0) is 4.79 Å². The predicted octanol–water partition coefficient (Wildman–Crippen LogP) is 1.81. The monoisotopic (exact) mass is 271 g/mol. The van der Waals surface area contributed by atoms with Crippen molar-refractivity contribution in [2.45, 2.75) is 44.3 Å². The summed E-state index contributed by atoms with van der Waals surface area (Å²) in [5, 5.41) is 6.62. The average molecular weight is 271 g/mol. The van der Waals surface area contributed by atoms with Crippen molar-refractivity contribution in [3.8, 4) is 0 Å². The van der Waals surface area contributed by atoms with Crippen molar-refractivity contribution in [3.05, 3.63) is 29.3 Å². The van der Waals surface area contributed by atoms with Gasteiger partial charge in [0.2, 0.25) is 5.91 Å². The Morgan fingerprint density at radius 2 is 2.20 bits per heavy atom. The molecule has 0 bridgehead atoms. The van der Waals surface area contributed by atoms with Gasteiger partial charge in [-0.15, -0.1) is 0 Å². The Labute approximate surface area is 119 Å². The molecule has 20 heavy (non-hydrogen) atoms. The molecule has 0 radical (unpaired) electrons. The summed E-state index contributed by atoms with van der Waals surface area (Å²) >= 11 is 0. The minimum Gasteiger partial charge on any atom is -0.324 e. The van der Waals surface area contributed by atoms with E-state index in [-0.39, 0.29) is 11.9 Å². The van der Waals surface area contributed by atoms with Gasteiger partial charge in [0.05, 0.1) is 0 Å². The molecule has 106 valence electrons. The smallest absolute Gasteiger partial charge is 0.246 e. The molecule has 1 aromatic carbocycles. The molecule has 3 heterocycles. The normalized spacial score (nSPS) is 32.2. The predicted molar refractivity (Wildman–Crippen MR) is 78.7 cm³/mol. The molecule has 4 rings (SSSR count). The van der Waals surface area contributed by atoms with E-state index in [4.69, 9.17) is 0 Å². The summed E-state index contributed by atoms with van der Waals surface area (Å²) in [6.45, 7) is 4.49. The number of carbonyl (C=O) groups is 1. The number of fused-ring (bicyclic) bond motifs is 2. The minimum absolute atomic E-state index is 0.0991. The highest BCUT2D eigenvalue weighted by Gasteiger charge is 2.40. The van der Waals surface area contributed by atoms with Gasteiger partial charge >= 0.3 is 0 Å². The van der Waals surface area contributed by atoms with E-state index in [2.05, 4.69) is 34.6 Å². The van der Waals surface area contributed by atoms with Crippen molar-refractivity contribution in [2.75, 3.05) is 18.4 Å². The first-order valence-electron chi connectivity index (χ1n) is 7.64. The summed E-state index contributed by atoms with van der Waals surface area (Å²) < 4.78 is 0. The summed E-state index contributed by atoms with van der Waals surface area (Å²) in [4.78, 5) is 14.8. The van der Waals surface area contributed by atoms with Crippen molar-refractivity contribution in [1.29, 1.82) is 0 Å². The maximum atomic E-state index is 12.2. The van der Waals surface area contributed by atoms with Gasteiger partial charge in [-0.05, 0) is 38.8 Å². The topological polar surface area (TPSA) is 44.4 Å². The van der Waals surface area contributed by atoms with Gasteiger partial charge in [0, 0.05) is 29.9 Å². The zero-order valence-electron chi connectivity index (χ0n) is 11.9. The molecular weight excluding hydrogens is 250 g/mol. The highest BCUT2D eigenvalue weighted by molar-refractivity contribution is 6.02. The van der Waals surface area contributed by atoms with Gasteiger partial charge in [0.15, 0.2) is 0 Å². The molecule has 3 aliphatic rings. The zero-order valence-corrected chi connectivity index (χ0v) is 11.9. The molecule has 0 spiro atoms. The molecule has 1 amide bonds. The van der Waals surface area contributed by atoms with Gasteiger partial charge in [-0.25, -0.2) is 0 Å². The van der Waals surface area contributed by atoms with E-state index in [0.29, 0.717) is 12.1 Å². The summed E-state index contributed by atoms with van der Waals surface area (Å²) in [5.74, 6) is 0.0991. The molecule has 1 aromatic rings. The van der Waals surface area contributed by atoms with Crippen LogP contribution in [0, 0.1) is 6.92 Å². The van der Waals surface area contributed by atoms with Crippen LogP contribution in [0.15, 0.2) is 18.2 Å². The van der Waals surface area contributed by atoms with Crippen molar-refractivity contribution < 1.29 is 4.79 Å². The molecule has 0 aliphatic carbocycles. The number of anilines is 1. The Bertz CT molecular complexity index is 557. The van der Waals surface area contributed by atoms with E-state index < -0.39 is 0 Å². The molecule has 4 heteroatoms. The molecule has 0 aromatic heterocycles. The molecule has 2 N–H and O–H groups in total. The fourth-order valence-electron chi connectivity index (χ4n) is 4.04. The number of nitrogens with zero attached hydrogens (tertiary/aromatic N) is 1. The SMILES string of the molecule is Cc1ccc2c(c1)C(NC1CCN3CCCC13)C(=O)N2. The van der Waals surface area contributed by atoms with Crippen molar-refractivity contribution >= 4 is 11.6 Å². The Kier molecular flexibility index (Phi) is 2.82. The van der Waals surface area contributed by atoms with Gasteiger partial charge in [0.25, 0.3) is 0 Å². The van der Waals surface area contributed by atoms with Gasteiger partial charge in [0.1, 0.15) is 6.04 Å². The van der Waals surface area contributed by atoms with Crippen LogP contribution in [0.25, 0.3) is 0 Å². The highest BCUT2D eigenvalue weighted by atomic mass is 16.2. The molecule has 0 saturated carbocycles. The van der Waals surface area contributed by atoms with E-state index in [1.165, 1.54) is 31.5 Å². The summed E-state index contributed by atoms with van der Waals surface area (Å²) in [6, 6.07) is 7.12. The Hall–Kier alpha value is -1.39. The number of aryl methyl sites for hydroxylation is 1. The van der Waals surface area contributed by atoms with E-state index in [1.54, 1.807) is 0 Å². The second kappa shape index (κ2) is 4.57. The third-order valence-electron chi connectivity index (χ3n) is 5.02. The number of amides is 1. The van der Waals surface area contributed by atoms with Gasteiger partial charge in [-0.3, -0.25) is 15.0 Å². The highest BCUT2D eigenvalue weighted by Crippen LogP contribution is 2.35. The molecule has 2 saturated heterocycles. The standard InChI is InChI=1S/C16H21N3O/c1-10-4-5-12-11(9-10)15(16(20)18-12)17-13-6-8-19-7-2-3-14(13)19/h4-5,9,13-15,17H,2-3,6-8H2,1H3,(H,18,20). The van der Waals surface area contributed by atoms with Gasteiger partial charge < -0.3 is 5.32 Å². The summed E-state index contributed by atoms with van der Waals surface area (Å²) in [7, 11) is 0. The van der Waals surface area contributed by atoms with Crippen LogP contribution in [0.5, 0.6) is 0 Å². The number of carbonyl (C=O) groups excluding carboxylic acids is 1. The van der Waals surface area contributed by atoms with Crippen LogP contribution in [-0.4, -0.2) is 36.0 Å². The number of benzene rings is 1. The van der Waals surface area contributed by atoms with E-state index >= 15 is 0 Å². The third-order valence-corrected chi connectivity index (χ3v) is 5.02. The van der Waals surface area contributed by atoms with E-state index in [1.807, 2.05) is 6.07 Å². The maximum absolute atomic E-state index is 12.2. The molecule has 3 aliphatic heterocycles. The lowest BCUT2D eigenvalue weighted by molar-refractivity contribution is -0.117. The maximum Gasteiger partial charge on any atom is 0.246 e. The minimum atomic E-state index is -0.171. The van der Waals surface area contributed by atoms with Crippen molar-refractivity contribution in [1.82, 2.24) is 10.2 Å². The molecule has 3 unspecified atom stereocenters. The Balaban J connectivity index is 1.57. The van der Waals surface area contributed by atoms with Crippen LogP contribution in [0.3, 0.4) is 0 Å². The van der Waals surface area contributed by atoms with Gasteiger partial charge in [-0.1, -0.05) is 17.7 Å². The van der Waals surface area contributed by atoms with E-state index in [0.717, 1.165) is 17.7 Å².